The minimum absolute atomic E-state index is 0.220. The molecule has 1 aromatic rings. The largest absolute Gasteiger partial charge is 0.383 e. The summed E-state index contributed by atoms with van der Waals surface area (Å²) in [6, 6.07) is 7.54. The van der Waals surface area contributed by atoms with Gasteiger partial charge in [0.05, 0.1) is 6.61 Å². The normalized spacial score (nSPS) is 13.9. The van der Waals surface area contributed by atoms with Gasteiger partial charge in [-0.3, -0.25) is 0 Å². The van der Waals surface area contributed by atoms with Crippen LogP contribution in [0.4, 0.5) is 10.5 Å². The van der Waals surface area contributed by atoms with Crippen molar-refractivity contribution in [2.75, 3.05) is 19.0 Å². The highest BCUT2D eigenvalue weighted by molar-refractivity contribution is 5.87. The van der Waals surface area contributed by atoms with Gasteiger partial charge in [0.1, 0.15) is 0 Å². The van der Waals surface area contributed by atoms with Gasteiger partial charge in [-0.15, -0.1) is 0 Å². The lowest BCUT2D eigenvalue weighted by atomic mass is 10.1. The number of amides is 2. The van der Waals surface area contributed by atoms with Crippen molar-refractivity contribution in [1.29, 1.82) is 0 Å². The molecule has 2 unspecified atom stereocenters. The number of rotatable bonds is 6. The van der Waals surface area contributed by atoms with Crippen molar-refractivity contribution in [3.05, 3.63) is 29.8 Å². The molecule has 1 rings (SSSR count). The highest BCUT2D eigenvalue weighted by Gasteiger charge is 2.09. The molecule has 5 heteroatoms. The number of hydrogen-bond acceptors (Lipinski definition) is 3. The summed E-state index contributed by atoms with van der Waals surface area (Å²) in [4.78, 5) is 10.7. The molecule has 0 aromatic heterocycles. The minimum Gasteiger partial charge on any atom is -0.383 e. The van der Waals surface area contributed by atoms with Crippen LogP contribution in [0.1, 0.15) is 25.5 Å². The molecule has 0 fully saturated rings. The van der Waals surface area contributed by atoms with E-state index in [1.54, 1.807) is 7.11 Å². The Hall–Kier alpha value is -1.59. The number of carbonyl (C=O) groups is 1. The molecule has 1 aromatic carbocycles. The smallest absolute Gasteiger partial charge is 0.316 e. The molecule has 2 amide bonds. The second-order valence-corrected chi connectivity index (χ2v) is 4.36. The zero-order chi connectivity index (χ0) is 13.5. The van der Waals surface area contributed by atoms with Crippen LogP contribution in [0.15, 0.2) is 24.3 Å². The first kappa shape index (κ1) is 14.5. The molecular formula is C13H21N3O2. The highest BCUT2D eigenvalue weighted by Crippen LogP contribution is 2.16. The van der Waals surface area contributed by atoms with E-state index in [1.807, 2.05) is 24.3 Å². The molecule has 0 bridgehead atoms. The fraction of sp³-hybridized carbons (Fsp3) is 0.462. The molecular weight excluding hydrogens is 230 g/mol. The summed E-state index contributed by atoms with van der Waals surface area (Å²) in [6.45, 7) is 4.83. The third-order valence-electron chi connectivity index (χ3n) is 2.63. The van der Waals surface area contributed by atoms with E-state index in [-0.39, 0.29) is 12.1 Å². The average molecular weight is 251 g/mol. The van der Waals surface area contributed by atoms with Gasteiger partial charge < -0.3 is 21.1 Å². The van der Waals surface area contributed by atoms with Crippen molar-refractivity contribution in [2.45, 2.75) is 25.9 Å². The van der Waals surface area contributed by atoms with Gasteiger partial charge in [-0.1, -0.05) is 12.1 Å². The maximum absolute atomic E-state index is 10.7. The van der Waals surface area contributed by atoms with Gasteiger partial charge in [0, 0.05) is 24.9 Å². The van der Waals surface area contributed by atoms with E-state index in [0.29, 0.717) is 12.3 Å². The van der Waals surface area contributed by atoms with Gasteiger partial charge in [0.2, 0.25) is 0 Å². The summed E-state index contributed by atoms with van der Waals surface area (Å²) < 4.78 is 5.08. The zero-order valence-corrected chi connectivity index (χ0v) is 11.1. The molecule has 0 saturated carbocycles. The molecule has 0 spiro atoms. The molecule has 4 N–H and O–H groups in total. The third-order valence-corrected chi connectivity index (χ3v) is 2.63. The van der Waals surface area contributed by atoms with Crippen LogP contribution < -0.4 is 16.4 Å². The lowest BCUT2D eigenvalue weighted by molar-refractivity contribution is 0.168. The molecule has 0 aliphatic heterocycles. The maximum Gasteiger partial charge on any atom is 0.316 e. The Morgan fingerprint density at radius 1 is 1.33 bits per heavy atom. The van der Waals surface area contributed by atoms with Gasteiger partial charge in [-0.2, -0.15) is 0 Å². The third kappa shape index (κ3) is 4.73. The summed E-state index contributed by atoms with van der Waals surface area (Å²) in [5.41, 5.74) is 6.89. The Labute approximate surface area is 108 Å². The number of hydrogen-bond donors (Lipinski definition) is 3. The van der Waals surface area contributed by atoms with Crippen LogP contribution in [0.25, 0.3) is 0 Å². The number of primary amides is 1. The average Bonchev–Trinajstić information content (AvgIpc) is 2.29. The first-order valence-electron chi connectivity index (χ1n) is 5.94. The molecule has 0 saturated heterocycles. The number of carbonyl (C=O) groups excluding carboxylic acids is 1. The Morgan fingerprint density at radius 3 is 2.44 bits per heavy atom. The lowest BCUT2D eigenvalue weighted by Crippen LogP contribution is -2.32. The molecule has 0 aliphatic rings. The summed E-state index contributed by atoms with van der Waals surface area (Å²) in [5, 5.41) is 5.95. The van der Waals surface area contributed by atoms with Crippen LogP contribution in [0.5, 0.6) is 0 Å². The van der Waals surface area contributed by atoms with E-state index in [0.717, 1.165) is 5.56 Å². The quantitative estimate of drug-likeness (QED) is 0.722. The van der Waals surface area contributed by atoms with Crippen molar-refractivity contribution < 1.29 is 9.53 Å². The second kappa shape index (κ2) is 6.98. The monoisotopic (exact) mass is 251 g/mol. The van der Waals surface area contributed by atoms with Gasteiger partial charge in [0.15, 0.2) is 0 Å². The molecule has 2 atom stereocenters. The van der Waals surface area contributed by atoms with E-state index in [9.17, 15) is 4.79 Å². The van der Waals surface area contributed by atoms with Crippen molar-refractivity contribution in [2.24, 2.45) is 5.73 Å². The molecule has 0 radical (unpaired) electrons. The van der Waals surface area contributed by atoms with Crippen molar-refractivity contribution in [1.82, 2.24) is 5.32 Å². The standard InChI is InChI=1S/C13H21N3O2/c1-9(8-18-3)15-10(2)11-4-6-12(7-5-11)16-13(14)17/h4-7,9-10,15H,8H2,1-3H3,(H3,14,16,17). The molecule has 18 heavy (non-hydrogen) atoms. The van der Waals surface area contributed by atoms with Crippen molar-refractivity contribution >= 4 is 11.7 Å². The highest BCUT2D eigenvalue weighted by atomic mass is 16.5. The number of benzene rings is 1. The zero-order valence-electron chi connectivity index (χ0n) is 11.1. The van der Waals surface area contributed by atoms with Gasteiger partial charge in [-0.05, 0) is 31.5 Å². The summed E-state index contributed by atoms with van der Waals surface area (Å²) >= 11 is 0. The van der Waals surface area contributed by atoms with Crippen molar-refractivity contribution in [3.8, 4) is 0 Å². The molecule has 0 aliphatic carbocycles. The van der Waals surface area contributed by atoms with E-state index >= 15 is 0 Å². The fourth-order valence-corrected chi connectivity index (χ4v) is 1.82. The number of methoxy groups -OCH3 is 1. The molecule has 5 nitrogen and oxygen atoms in total. The van der Waals surface area contributed by atoms with Crippen LogP contribution in [0.2, 0.25) is 0 Å². The number of urea groups is 1. The number of anilines is 1. The summed E-state index contributed by atoms with van der Waals surface area (Å²) in [6.07, 6.45) is 0. The maximum atomic E-state index is 10.7. The van der Waals surface area contributed by atoms with Gasteiger partial charge >= 0.3 is 6.03 Å². The molecule has 0 heterocycles. The first-order chi connectivity index (χ1) is 8.52. The number of ether oxygens (including phenoxy) is 1. The Bertz CT molecular complexity index is 378. The van der Waals surface area contributed by atoms with Crippen molar-refractivity contribution in [3.63, 3.8) is 0 Å². The Kier molecular flexibility index (Phi) is 5.61. The second-order valence-electron chi connectivity index (χ2n) is 4.36. The van der Waals surface area contributed by atoms with E-state index in [2.05, 4.69) is 24.5 Å². The Morgan fingerprint density at radius 2 is 1.94 bits per heavy atom. The fourth-order valence-electron chi connectivity index (χ4n) is 1.82. The Balaban J connectivity index is 2.58. The van der Waals surface area contributed by atoms with E-state index < -0.39 is 6.03 Å². The van der Waals surface area contributed by atoms with Crippen LogP contribution in [-0.2, 0) is 4.74 Å². The predicted molar refractivity (Wildman–Crippen MR) is 72.5 cm³/mol. The van der Waals surface area contributed by atoms with E-state index in [4.69, 9.17) is 10.5 Å². The predicted octanol–water partition coefficient (Wildman–Crippen LogP) is 1.86. The summed E-state index contributed by atoms with van der Waals surface area (Å²) in [5.74, 6) is 0. The van der Waals surface area contributed by atoms with Gasteiger partial charge in [-0.25, -0.2) is 4.79 Å². The lowest BCUT2D eigenvalue weighted by Gasteiger charge is -2.20. The van der Waals surface area contributed by atoms with Gasteiger partial charge in [0.25, 0.3) is 0 Å². The van der Waals surface area contributed by atoms with E-state index in [1.165, 1.54) is 0 Å². The minimum atomic E-state index is -0.553. The summed E-state index contributed by atoms with van der Waals surface area (Å²) in [7, 11) is 1.69. The van der Waals surface area contributed by atoms with Crippen LogP contribution in [0, 0.1) is 0 Å². The number of nitrogens with one attached hydrogen (secondary N) is 2. The molecule has 100 valence electrons. The SMILES string of the molecule is COCC(C)NC(C)c1ccc(NC(N)=O)cc1. The first-order valence-corrected chi connectivity index (χ1v) is 5.94. The number of nitrogens with two attached hydrogens (primary N) is 1. The van der Waals surface area contributed by atoms with Crippen LogP contribution >= 0.6 is 0 Å². The van der Waals surface area contributed by atoms with Crippen LogP contribution in [-0.4, -0.2) is 25.8 Å². The topological polar surface area (TPSA) is 76.4 Å². The van der Waals surface area contributed by atoms with Crippen LogP contribution in [0.3, 0.4) is 0 Å².